The van der Waals surface area contributed by atoms with Gasteiger partial charge in [0, 0.05) is 36.9 Å². The van der Waals surface area contributed by atoms with E-state index >= 15 is 0 Å². The molecule has 1 N–H and O–H groups in total. The van der Waals surface area contributed by atoms with Crippen molar-refractivity contribution in [2.24, 2.45) is 0 Å². The second-order valence-corrected chi connectivity index (χ2v) is 5.76. The summed E-state index contributed by atoms with van der Waals surface area (Å²) in [5, 5.41) is 5.57. The maximum absolute atomic E-state index is 4.67. The first kappa shape index (κ1) is 12.1. The molecule has 3 heterocycles. The highest BCUT2D eigenvalue weighted by Gasteiger charge is 2.20. The van der Waals surface area contributed by atoms with Crippen molar-refractivity contribution in [1.29, 1.82) is 0 Å². The molecule has 1 saturated heterocycles. The monoisotopic (exact) mass is 264 g/mol. The van der Waals surface area contributed by atoms with Gasteiger partial charge in [-0.1, -0.05) is 6.92 Å². The second kappa shape index (κ2) is 5.38. The quantitative estimate of drug-likeness (QED) is 0.916. The fraction of sp³-hybridized carbons (Fsp3) is 0.615. The van der Waals surface area contributed by atoms with E-state index in [1.165, 1.54) is 25.1 Å². The summed E-state index contributed by atoms with van der Waals surface area (Å²) < 4.78 is 2.12. The number of fused-ring (bicyclic) bond motifs is 1. The molecule has 0 spiro atoms. The van der Waals surface area contributed by atoms with E-state index in [0.717, 1.165) is 24.6 Å². The lowest BCUT2D eigenvalue weighted by Crippen LogP contribution is -2.45. The fourth-order valence-corrected chi connectivity index (χ4v) is 3.42. The highest BCUT2D eigenvalue weighted by atomic mass is 32.1. The van der Waals surface area contributed by atoms with Crippen LogP contribution in [0.5, 0.6) is 0 Å². The summed E-state index contributed by atoms with van der Waals surface area (Å²) in [7, 11) is 0. The molecule has 2 aromatic heterocycles. The van der Waals surface area contributed by atoms with E-state index in [1.54, 1.807) is 11.3 Å². The molecule has 18 heavy (non-hydrogen) atoms. The summed E-state index contributed by atoms with van der Waals surface area (Å²) >= 11 is 1.70. The molecule has 0 radical (unpaired) electrons. The van der Waals surface area contributed by atoms with Gasteiger partial charge in [0.05, 0.1) is 5.69 Å². The summed E-state index contributed by atoms with van der Waals surface area (Å²) in [5.74, 6) is 0. The minimum atomic E-state index is 0.670. The lowest BCUT2D eigenvalue weighted by atomic mass is 10.1. The third-order valence-corrected chi connectivity index (χ3v) is 4.47. The lowest BCUT2D eigenvalue weighted by Gasteiger charge is -2.33. The molecule has 0 amide bonds. The zero-order valence-electron chi connectivity index (χ0n) is 10.8. The Morgan fingerprint density at radius 1 is 1.61 bits per heavy atom. The molecule has 1 atom stereocenters. The van der Waals surface area contributed by atoms with Gasteiger partial charge in [-0.15, -0.1) is 11.3 Å². The number of nitrogens with one attached hydrogen (secondary N) is 1. The molecule has 0 aliphatic carbocycles. The summed E-state index contributed by atoms with van der Waals surface area (Å²) in [4.78, 5) is 8.31. The van der Waals surface area contributed by atoms with Crippen LogP contribution in [0.4, 0.5) is 0 Å². The highest BCUT2D eigenvalue weighted by molar-refractivity contribution is 7.15. The van der Waals surface area contributed by atoms with Gasteiger partial charge in [0.1, 0.15) is 0 Å². The van der Waals surface area contributed by atoms with Crippen LogP contribution in [0.3, 0.4) is 0 Å². The SMILES string of the molecule is CCN(Cc1cn2ccsc2n1)C1CCCNC1. The van der Waals surface area contributed by atoms with Crippen molar-refractivity contribution in [2.45, 2.75) is 32.4 Å². The molecule has 98 valence electrons. The summed E-state index contributed by atoms with van der Waals surface area (Å²) in [6, 6.07) is 0.670. The molecule has 1 aliphatic rings. The van der Waals surface area contributed by atoms with Gasteiger partial charge in [0.15, 0.2) is 4.96 Å². The average Bonchev–Trinajstić information content (AvgIpc) is 2.97. The number of aromatic nitrogens is 2. The zero-order valence-corrected chi connectivity index (χ0v) is 11.6. The van der Waals surface area contributed by atoms with E-state index in [9.17, 15) is 0 Å². The molecular formula is C13H20N4S. The van der Waals surface area contributed by atoms with Crippen LogP contribution in [0, 0.1) is 0 Å². The van der Waals surface area contributed by atoms with Gasteiger partial charge in [-0.25, -0.2) is 4.98 Å². The Labute approximate surface area is 112 Å². The molecular weight excluding hydrogens is 244 g/mol. The fourth-order valence-electron chi connectivity index (χ4n) is 2.70. The Morgan fingerprint density at radius 2 is 2.56 bits per heavy atom. The maximum atomic E-state index is 4.67. The number of hydrogen-bond acceptors (Lipinski definition) is 4. The number of thiazole rings is 1. The summed E-state index contributed by atoms with van der Waals surface area (Å²) in [5.41, 5.74) is 1.19. The van der Waals surface area contributed by atoms with E-state index in [1.807, 2.05) is 0 Å². The predicted molar refractivity (Wildman–Crippen MR) is 75.0 cm³/mol. The van der Waals surface area contributed by atoms with Crippen LogP contribution in [0.2, 0.25) is 0 Å². The number of piperidine rings is 1. The van der Waals surface area contributed by atoms with Gasteiger partial charge in [0.25, 0.3) is 0 Å². The molecule has 0 saturated carbocycles. The molecule has 3 rings (SSSR count). The molecule has 1 unspecified atom stereocenters. The average molecular weight is 264 g/mol. The van der Waals surface area contributed by atoms with Crippen LogP contribution in [-0.4, -0.2) is 40.0 Å². The number of rotatable bonds is 4. The highest BCUT2D eigenvalue weighted by Crippen LogP contribution is 2.16. The molecule has 1 fully saturated rings. The minimum absolute atomic E-state index is 0.670. The van der Waals surface area contributed by atoms with Gasteiger partial charge in [-0.05, 0) is 25.9 Å². The van der Waals surface area contributed by atoms with Crippen molar-refractivity contribution in [3.8, 4) is 0 Å². The Hall–Kier alpha value is -0.910. The first-order valence-corrected chi connectivity index (χ1v) is 7.60. The van der Waals surface area contributed by atoms with E-state index in [2.05, 4.69) is 44.3 Å². The first-order valence-electron chi connectivity index (χ1n) is 6.72. The normalized spacial score (nSPS) is 20.9. The summed E-state index contributed by atoms with van der Waals surface area (Å²) in [6.07, 6.45) is 6.84. The van der Waals surface area contributed by atoms with E-state index < -0.39 is 0 Å². The van der Waals surface area contributed by atoms with E-state index in [0.29, 0.717) is 6.04 Å². The third kappa shape index (κ3) is 2.43. The van der Waals surface area contributed by atoms with Crippen LogP contribution >= 0.6 is 11.3 Å². The number of imidazole rings is 1. The molecule has 4 nitrogen and oxygen atoms in total. The molecule has 5 heteroatoms. The van der Waals surface area contributed by atoms with Crippen LogP contribution in [-0.2, 0) is 6.54 Å². The number of hydrogen-bond donors (Lipinski definition) is 1. The van der Waals surface area contributed by atoms with Gasteiger partial charge in [-0.3, -0.25) is 9.30 Å². The van der Waals surface area contributed by atoms with Crippen LogP contribution < -0.4 is 5.32 Å². The van der Waals surface area contributed by atoms with Gasteiger partial charge >= 0.3 is 0 Å². The predicted octanol–water partition coefficient (Wildman–Crippen LogP) is 1.97. The van der Waals surface area contributed by atoms with Gasteiger partial charge in [-0.2, -0.15) is 0 Å². The van der Waals surface area contributed by atoms with E-state index in [-0.39, 0.29) is 0 Å². The standard InChI is InChI=1S/C13H20N4S/c1-2-16(12-4-3-5-14-8-12)9-11-10-17-6-7-18-13(17)15-11/h6-7,10,12,14H,2-5,8-9H2,1H3. The van der Waals surface area contributed by atoms with Crippen molar-refractivity contribution in [2.75, 3.05) is 19.6 Å². The second-order valence-electron chi connectivity index (χ2n) is 4.89. The molecule has 0 bridgehead atoms. The third-order valence-electron chi connectivity index (χ3n) is 3.70. The van der Waals surface area contributed by atoms with Crippen LogP contribution in [0.25, 0.3) is 4.96 Å². The van der Waals surface area contributed by atoms with Crippen molar-refractivity contribution in [3.05, 3.63) is 23.5 Å². The van der Waals surface area contributed by atoms with Crippen molar-refractivity contribution < 1.29 is 0 Å². The molecule has 0 aromatic carbocycles. The maximum Gasteiger partial charge on any atom is 0.193 e. The zero-order chi connectivity index (χ0) is 12.4. The molecule has 2 aromatic rings. The Balaban J connectivity index is 1.70. The van der Waals surface area contributed by atoms with Crippen LogP contribution in [0.1, 0.15) is 25.5 Å². The Kier molecular flexibility index (Phi) is 3.63. The molecule has 1 aliphatic heterocycles. The summed E-state index contributed by atoms with van der Waals surface area (Å²) in [6.45, 7) is 6.60. The first-order chi connectivity index (χ1) is 8.86. The van der Waals surface area contributed by atoms with Crippen LogP contribution in [0.15, 0.2) is 17.8 Å². The van der Waals surface area contributed by atoms with E-state index in [4.69, 9.17) is 0 Å². The smallest absolute Gasteiger partial charge is 0.193 e. The lowest BCUT2D eigenvalue weighted by molar-refractivity contribution is 0.164. The minimum Gasteiger partial charge on any atom is -0.315 e. The van der Waals surface area contributed by atoms with Crippen molar-refractivity contribution >= 4 is 16.3 Å². The largest absolute Gasteiger partial charge is 0.315 e. The Morgan fingerprint density at radius 3 is 3.28 bits per heavy atom. The van der Waals surface area contributed by atoms with Crippen molar-refractivity contribution in [1.82, 2.24) is 19.6 Å². The van der Waals surface area contributed by atoms with Gasteiger partial charge < -0.3 is 5.32 Å². The van der Waals surface area contributed by atoms with Gasteiger partial charge in [0.2, 0.25) is 0 Å². The number of nitrogens with zero attached hydrogens (tertiary/aromatic N) is 3. The van der Waals surface area contributed by atoms with Crippen molar-refractivity contribution in [3.63, 3.8) is 0 Å². The number of likely N-dealkylation sites (N-methyl/N-ethyl adjacent to an activating group) is 1. The Bertz CT molecular complexity index is 469. The topological polar surface area (TPSA) is 32.6 Å².